The van der Waals surface area contributed by atoms with Crippen molar-refractivity contribution >= 4 is 17.2 Å². The lowest BCUT2D eigenvalue weighted by Gasteiger charge is -2.28. The van der Waals surface area contributed by atoms with E-state index in [1.54, 1.807) is 16.2 Å². The molecule has 1 amide bonds. The Morgan fingerprint density at radius 3 is 2.59 bits per heavy atom. The van der Waals surface area contributed by atoms with Gasteiger partial charge in [-0.3, -0.25) is 4.79 Å². The van der Waals surface area contributed by atoms with Crippen molar-refractivity contribution in [1.82, 2.24) is 4.90 Å². The molecule has 0 fully saturated rings. The number of nitrogens with zero attached hydrogens (tertiary/aromatic N) is 1. The fraction of sp³-hybridized carbons (Fsp3) is 0.615. The molecule has 0 radical (unpaired) electrons. The molecular weight excluding hydrogens is 232 g/mol. The Kier molecular flexibility index (Phi) is 5.15. The predicted octanol–water partition coefficient (Wildman–Crippen LogP) is 2.12. The molecule has 1 aromatic rings. The van der Waals surface area contributed by atoms with E-state index in [1.807, 2.05) is 27.0 Å². The zero-order valence-corrected chi connectivity index (χ0v) is 11.8. The molecule has 1 rings (SSSR count). The zero-order chi connectivity index (χ0) is 13.0. The normalized spacial score (nSPS) is 14.7. The van der Waals surface area contributed by atoms with E-state index < -0.39 is 6.04 Å². The van der Waals surface area contributed by atoms with Crippen molar-refractivity contribution in [2.75, 3.05) is 7.05 Å². The summed E-state index contributed by atoms with van der Waals surface area (Å²) in [5.41, 5.74) is 5.88. The molecule has 3 nitrogen and oxygen atoms in total. The third-order valence-corrected chi connectivity index (χ3v) is 3.99. The zero-order valence-electron chi connectivity index (χ0n) is 11.0. The molecule has 4 heteroatoms. The van der Waals surface area contributed by atoms with Gasteiger partial charge in [-0.1, -0.05) is 19.9 Å². The Hall–Kier alpha value is -0.870. The van der Waals surface area contributed by atoms with Crippen molar-refractivity contribution in [2.24, 2.45) is 11.7 Å². The number of carbonyl (C=O) groups is 1. The summed E-state index contributed by atoms with van der Waals surface area (Å²) < 4.78 is 0. The Morgan fingerprint density at radius 1 is 1.47 bits per heavy atom. The van der Waals surface area contributed by atoms with Gasteiger partial charge in [-0.25, -0.2) is 0 Å². The molecule has 2 N–H and O–H groups in total. The van der Waals surface area contributed by atoms with Crippen LogP contribution in [0.4, 0.5) is 0 Å². The molecular formula is C13H22N2OS. The standard InChI is InChI=1S/C13H22N2OS/c1-9(2)12(14)13(16)15(4)10(3)8-11-6-5-7-17-11/h5-7,9-10,12H,8,14H2,1-4H3/t10?,12-/m0/s1. The van der Waals surface area contributed by atoms with Gasteiger partial charge in [0.1, 0.15) is 0 Å². The maximum atomic E-state index is 12.1. The second kappa shape index (κ2) is 6.17. The second-order valence-electron chi connectivity index (χ2n) is 4.85. The van der Waals surface area contributed by atoms with Crippen LogP contribution in [0.1, 0.15) is 25.6 Å². The predicted molar refractivity (Wildman–Crippen MR) is 73.1 cm³/mol. The van der Waals surface area contributed by atoms with Crippen molar-refractivity contribution in [3.05, 3.63) is 22.4 Å². The smallest absolute Gasteiger partial charge is 0.239 e. The van der Waals surface area contributed by atoms with E-state index in [-0.39, 0.29) is 17.9 Å². The number of amides is 1. The summed E-state index contributed by atoms with van der Waals surface area (Å²) in [5, 5.41) is 2.06. The lowest BCUT2D eigenvalue weighted by atomic mass is 10.0. The number of nitrogens with two attached hydrogens (primary N) is 1. The SMILES string of the molecule is CC(C)[C@H](N)C(=O)N(C)C(C)Cc1cccs1. The van der Waals surface area contributed by atoms with E-state index in [0.29, 0.717) is 0 Å². The number of likely N-dealkylation sites (N-methyl/N-ethyl adjacent to an activating group) is 1. The first kappa shape index (κ1) is 14.2. The Bertz CT molecular complexity index is 348. The number of rotatable bonds is 5. The molecule has 1 unspecified atom stereocenters. The highest BCUT2D eigenvalue weighted by Gasteiger charge is 2.24. The molecule has 1 aromatic heterocycles. The van der Waals surface area contributed by atoms with E-state index in [2.05, 4.69) is 18.4 Å². The van der Waals surface area contributed by atoms with E-state index in [4.69, 9.17) is 5.73 Å². The molecule has 0 aliphatic heterocycles. The van der Waals surface area contributed by atoms with Crippen LogP contribution >= 0.6 is 11.3 Å². The molecule has 0 saturated heterocycles. The molecule has 1 heterocycles. The molecule has 96 valence electrons. The molecule has 0 aliphatic rings. The summed E-state index contributed by atoms with van der Waals surface area (Å²) >= 11 is 1.73. The van der Waals surface area contributed by atoms with E-state index in [1.165, 1.54) is 4.88 Å². The first-order chi connectivity index (χ1) is 7.93. The maximum Gasteiger partial charge on any atom is 0.239 e. The second-order valence-corrected chi connectivity index (χ2v) is 5.88. The van der Waals surface area contributed by atoms with Crippen LogP contribution in [-0.4, -0.2) is 29.9 Å². The minimum atomic E-state index is -0.397. The molecule has 0 bridgehead atoms. The van der Waals surface area contributed by atoms with Crippen LogP contribution in [-0.2, 0) is 11.2 Å². The van der Waals surface area contributed by atoms with Crippen LogP contribution < -0.4 is 5.73 Å². The van der Waals surface area contributed by atoms with Crippen molar-refractivity contribution in [3.63, 3.8) is 0 Å². The topological polar surface area (TPSA) is 46.3 Å². The fourth-order valence-electron chi connectivity index (χ4n) is 1.59. The number of thiophene rings is 1. The van der Waals surface area contributed by atoms with Crippen LogP contribution in [0.5, 0.6) is 0 Å². The monoisotopic (exact) mass is 254 g/mol. The first-order valence-corrected chi connectivity index (χ1v) is 6.86. The highest BCUT2D eigenvalue weighted by molar-refractivity contribution is 7.09. The molecule has 2 atom stereocenters. The summed E-state index contributed by atoms with van der Waals surface area (Å²) in [7, 11) is 1.84. The molecule has 0 spiro atoms. The van der Waals surface area contributed by atoms with Crippen molar-refractivity contribution in [3.8, 4) is 0 Å². The van der Waals surface area contributed by atoms with Gasteiger partial charge in [-0.05, 0) is 24.3 Å². The average molecular weight is 254 g/mol. The van der Waals surface area contributed by atoms with Gasteiger partial charge < -0.3 is 10.6 Å². The summed E-state index contributed by atoms with van der Waals surface area (Å²) in [6.45, 7) is 6.01. The van der Waals surface area contributed by atoms with Gasteiger partial charge in [0.05, 0.1) is 6.04 Å². The Labute approximate surface area is 108 Å². The Morgan fingerprint density at radius 2 is 2.12 bits per heavy atom. The van der Waals surface area contributed by atoms with E-state index >= 15 is 0 Å². The molecule has 0 saturated carbocycles. The number of hydrogen-bond acceptors (Lipinski definition) is 3. The largest absolute Gasteiger partial charge is 0.341 e. The van der Waals surface area contributed by atoms with Crippen LogP contribution in [0.15, 0.2) is 17.5 Å². The first-order valence-electron chi connectivity index (χ1n) is 5.98. The molecule has 17 heavy (non-hydrogen) atoms. The maximum absolute atomic E-state index is 12.1. The highest BCUT2D eigenvalue weighted by atomic mass is 32.1. The van der Waals surface area contributed by atoms with Gasteiger partial charge >= 0.3 is 0 Å². The van der Waals surface area contributed by atoms with Crippen molar-refractivity contribution in [2.45, 2.75) is 39.3 Å². The molecule has 0 aliphatic carbocycles. The van der Waals surface area contributed by atoms with Gasteiger partial charge in [0.2, 0.25) is 5.91 Å². The van der Waals surface area contributed by atoms with Crippen LogP contribution in [0, 0.1) is 5.92 Å². The summed E-state index contributed by atoms with van der Waals surface area (Å²) in [6, 6.07) is 3.92. The third-order valence-electron chi connectivity index (χ3n) is 3.09. The van der Waals surface area contributed by atoms with Crippen LogP contribution in [0.25, 0.3) is 0 Å². The quantitative estimate of drug-likeness (QED) is 0.875. The average Bonchev–Trinajstić information content (AvgIpc) is 2.78. The highest BCUT2D eigenvalue weighted by Crippen LogP contribution is 2.14. The van der Waals surface area contributed by atoms with E-state index in [0.717, 1.165) is 6.42 Å². The van der Waals surface area contributed by atoms with Crippen LogP contribution in [0.3, 0.4) is 0 Å². The summed E-state index contributed by atoms with van der Waals surface area (Å²) in [5.74, 6) is 0.211. The van der Waals surface area contributed by atoms with Crippen LogP contribution in [0.2, 0.25) is 0 Å². The molecule has 0 aromatic carbocycles. The fourth-order valence-corrected chi connectivity index (χ4v) is 2.42. The van der Waals surface area contributed by atoms with Gasteiger partial charge in [-0.15, -0.1) is 11.3 Å². The van der Waals surface area contributed by atoms with Gasteiger partial charge in [-0.2, -0.15) is 0 Å². The summed E-state index contributed by atoms with van der Waals surface area (Å²) in [4.78, 5) is 15.1. The lowest BCUT2D eigenvalue weighted by molar-refractivity contribution is -0.134. The number of carbonyl (C=O) groups excluding carboxylic acids is 1. The van der Waals surface area contributed by atoms with Crippen molar-refractivity contribution < 1.29 is 4.79 Å². The Balaban J connectivity index is 2.57. The van der Waals surface area contributed by atoms with Gasteiger partial charge in [0.15, 0.2) is 0 Å². The van der Waals surface area contributed by atoms with Crippen molar-refractivity contribution in [1.29, 1.82) is 0 Å². The van der Waals surface area contributed by atoms with Gasteiger partial charge in [0, 0.05) is 24.4 Å². The number of hydrogen-bond donors (Lipinski definition) is 1. The minimum Gasteiger partial charge on any atom is -0.341 e. The lowest BCUT2D eigenvalue weighted by Crippen LogP contribution is -2.48. The third kappa shape index (κ3) is 3.82. The minimum absolute atomic E-state index is 0.0315. The summed E-state index contributed by atoms with van der Waals surface area (Å²) in [6.07, 6.45) is 0.894. The van der Waals surface area contributed by atoms with Gasteiger partial charge in [0.25, 0.3) is 0 Å². The van der Waals surface area contributed by atoms with E-state index in [9.17, 15) is 4.79 Å².